The van der Waals surface area contributed by atoms with E-state index in [0.717, 1.165) is 12.8 Å². The van der Waals surface area contributed by atoms with Crippen LogP contribution in [0.4, 0.5) is 9.18 Å². The summed E-state index contributed by atoms with van der Waals surface area (Å²) in [7, 11) is 0. The van der Waals surface area contributed by atoms with Gasteiger partial charge in [0.2, 0.25) is 0 Å². The average Bonchev–Trinajstić information content (AvgIpc) is 2.39. The predicted octanol–water partition coefficient (Wildman–Crippen LogP) is 3.69. The minimum absolute atomic E-state index is 0.102. The Morgan fingerprint density at radius 2 is 2.05 bits per heavy atom. The molecule has 0 aliphatic heterocycles. The number of Topliss-reactive ketones (excluding diaryl/α,β-unsaturated/α-hetero) is 1. The minimum Gasteiger partial charge on any atom is -0.444 e. The first-order valence-electron chi connectivity index (χ1n) is 7.53. The Morgan fingerprint density at radius 1 is 1.32 bits per heavy atom. The molecule has 0 radical (unpaired) electrons. The van der Waals surface area contributed by atoms with Gasteiger partial charge in [-0.1, -0.05) is 12.1 Å². The highest BCUT2D eigenvalue weighted by atomic mass is 19.1. The largest absolute Gasteiger partial charge is 0.444 e. The SMILES string of the molecule is CC(C)(C)OC(=O)NC1(c2cccc(F)c2)CCCCC1=O. The van der Waals surface area contributed by atoms with Crippen molar-refractivity contribution in [3.8, 4) is 0 Å². The Kier molecular flexibility index (Phi) is 4.54. The maximum atomic E-state index is 13.6. The standard InChI is InChI=1S/C17H22FNO3/c1-16(2,3)22-15(21)19-17(10-5-4-9-14(17)20)12-7-6-8-13(18)11-12/h6-8,11H,4-5,9-10H2,1-3H3,(H,19,21). The van der Waals surface area contributed by atoms with E-state index in [1.54, 1.807) is 32.9 Å². The molecular weight excluding hydrogens is 285 g/mol. The van der Waals surface area contributed by atoms with Crippen LogP contribution >= 0.6 is 0 Å². The van der Waals surface area contributed by atoms with Gasteiger partial charge in [0.25, 0.3) is 0 Å². The summed E-state index contributed by atoms with van der Waals surface area (Å²) in [4.78, 5) is 24.7. The highest BCUT2D eigenvalue weighted by Crippen LogP contribution is 2.35. The van der Waals surface area contributed by atoms with Crippen molar-refractivity contribution in [2.24, 2.45) is 0 Å². The number of hydrogen-bond donors (Lipinski definition) is 1. The first-order valence-corrected chi connectivity index (χ1v) is 7.53. The molecule has 0 bridgehead atoms. The Hall–Kier alpha value is -1.91. The average molecular weight is 307 g/mol. The predicted molar refractivity (Wildman–Crippen MR) is 80.9 cm³/mol. The van der Waals surface area contributed by atoms with Crippen molar-refractivity contribution in [2.45, 2.75) is 57.6 Å². The zero-order valence-corrected chi connectivity index (χ0v) is 13.2. The molecule has 22 heavy (non-hydrogen) atoms. The summed E-state index contributed by atoms with van der Waals surface area (Å²) in [5.41, 5.74) is -1.38. The van der Waals surface area contributed by atoms with Crippen molar-refractivity contribution in [3.05, 3.63) is 35.6 Å². The monoisotopic (exact) mass is 307 g/mol. The fourth-order valence-corrected chi connectivity index (χ4v) is 2.77. The molecule has 2 rings (SSSR count). The van der Waals surface area contributed by atoms with Gasteiger partial charge in [0.15, 0.2) is 5.78 Å². The second-order valence-corrected chi connectivity index (χ2v) is 6.67. The molecule has 1 N–H and O–H groups in total. The van der Waals surface area contributed by atoms with Gasteiger partial charge in [-0.15, -0.1) is 0 Å². The summed E-state index contributed by atoms with van der Waals surface area (Å²) < 4.78 is 18.8. The highest BCUT2D eigenvalue weighted by Gasteiger charge is 2.43. The maximum absolute atomic E-state index is 13.6. The van der Waals surface area contributed by atoms with E-state index >= 15 is 0 Å². The number of benzene rings is 1. The lowest BCUT2D eigenvalue weighted by atomic mass is 9.75. The summed E-state index contributed by atoms with van der Waals surface area (Å²) in [5.74, 6) is -0.531. The molecule has 1 fully saturated rings. The van der Waals surface area contributed by atoms with Gasteiger partial charge in [-0.05, 0) is 57.7 Å². The van der Waals surface area contributed by atoms with Crippen LogP contribution in [-0.2, 0) is 15.1 Å². The minimum atomic E-state index is -1.19. The third-order valence-corrected chi connectivity index (χ3v) is 3.71. The quantitative estimate of drug-likeness (QED) is 0.906. The number of ketones is 1. The summed E-state index contributed by atoms with van der Waals surface area (Å²) in [6.45, 7) is 5.26. The summed E-state index contributed by atoms with van der Waals surface area (Å²) in [6, 6.07) is 5.84. The second-order valence-electron chi connectivity index (χ2n) is 6.67. The Morgan fingerprint density at radius 3 is 2.64 bits per heavy atom. The van der Waals surface area contributed by atoms with E-state index in [1.165, 1.54) is 12.1 Å². The number of halogens is 1. The van der Waals surface area contributed by atoms with E-state index in [4.69, 9.17) is 4.74 Å². The van der Waals surface area contributed by atoms with E-state index in [1.807, 2.05) is 0 Å². The summed E-state index contributed by atoms with van der Waals surface area (Å²) in [5, 5.41) is 2.70. The van der Waals surface area contributed by atoms with Crippen LogP contribution in [0.1, 0.15) is 52.0 Å². The smallest absolute Gasteiger partial charge is 0.408 e. The van der Waals surface area contributed by atoms with Gasteiger partial charge < -0.3 is 10.1 Å². The molecule has 0 spiro atoms. The number of hydrogen-bond acceptors (Lipinski definition) is 3. The number of rotatable bonds is 2. The molecule has 0 saturated heterocycles. The van der Waals surface area contributed by atoms with Crippen LogP contribution in [0.2, 0.25) is 0 Å². The Labute approximate surface area is 130 Å². The van der Waals surface area contributed by atoms with E-state index in [9.17, 15) is 14.0 Å². The van der Waals surface area contributed by atoms with Crippen LogP contribution < -0.4 is 5.32 Å². The van der Waals surface area contributed by atoms with Crippen LogP contribution in [0.3, 0.4) is 0 Å². The van der Waals surface area contributed by atoms with Crippen LogP contribution in [0, 0.1) is 5.82 Å². The van der Waals surface area contributed by atoms with Crippen LogP contribution in [0.25, 0.3) is 0 Å². The maximum Gasteiger partial charge on any atom is 0.408 e. The fraction of sp³-hybridized carbons (Fsp3) is 0.529. The normalized spacial score (nSPS) is 22.3. The number of carbonyl (C=O) groups is 2. The van der Waals surface area contributed by atoms with E-state index < -0.39 is 23.1 Å². The lowest BCUT2D eigenvalue weighted by Crippen LogP contribution is -2.54. The van der Waals surface area contributed by atoms with Gasteiger partial charge in [-0.2, -0.15) is 0 Å². The highest BCUT2D eigenvalue weighted by molar-refractivity contribution is 5.93. The topological polar surface area (TPSA) is 55.4 Å². The van der Waals surface area contributed by atoms with Gasteiger partial charge in [-0.25, -0.2) is 9.18 Å². The first kappa shape index (κ1) is 16.5. The molecule has 1 aliphatic rings. The number of ether oxygens (including phenoxy) is 1. The van der Waals surface area contributed by atoms with Crippen molar-refractivity contribution in [1.29, 1.82) is 0 Å². The van der Waals surface area contributed by atoms with Gasteiger partial charge in [-0.3, -0.25) is 4.79 Å². The molecule has 4 nitrogen and oxygen atoms in total. The molecule has 1 unspecified atom stereocenters. The molecule has 1 aromatic carbocycles. The third-order valence-electron chi connectivity index (χ3n) is 3.71. The Balaban J connectivity index is 2.34. The van der Waals surface area contributed by atoms with Crippen LogP contribution in [-0.4, -0.2) is 17.5 Å². The third kappa shape index (κ3) is 3.64. The zero-order valence-electron chi connectivity index (χ0n) is 13.2. The van der Waals surface area contributed by atoms with Crippen molar-refractivity contribution >= 4 is 11.9 Å². The molecule has 1 saturated carbocycles. The molecule has 5 heteroatoms. The first-order chi connectivity index (χ1) is 10.2. The molecule has 1 aliphatic carbocycles. The van der Waals surface area contributed by atoms with Crippen molar-refractivity contribution < 1.29 is 18.7 Å². The van der Waals surface area contributed by atoms with Crippen molar-refractivity contribution in [3.63, 3.8) is 0 Å². The van der Waals surface area contributed by atoms with Crippen LogP contribution in [0.15, 0.2) is 24.3 Å². The van der Waals surface area contributed by atoms with Crippen LogP contribution in [0.5, 0.6) is 0 Å². The number of carbonyl (C=O) groups excluding carboxylic acids is 2. The molecule has 1 amide bonds. The van der Waals surface area contributed by atoms with Gasteiger partial charge in [0, 0.05) is 6.42 Å². The fourth-order valence-electron chi connectivity index (χ4n) is 2.77. The number of nitrogens with one attached hydrogen (secondary N) is 1. The molecular formula is C17H22FNO3. The molecule has 1 aromatic rings. The van der Waals surface area contributed by atoms with Gasteiger partial charge >= 0.3 is 6.09 Å². The Bertz CT molecular complexity index is 580. The molecule has 120 valence electrons. The molecule has 0 heterocycles. The lowest BCUT2D eigenvalue weighted by molar-refractivity contribution is -0.128. The molecule has 0 aromatic heterocycles. The van der Waals surface area contributed by atoms with Gasteiger partial charge in [0.05, 0.1) is 0 Å². The van der Waals surface area contributed by atoms with E-state index in [2.05, 4.69) is 5.32 Å². The zero-order chi connectivity index (χ0) is 16.4. The number of amides is 1. The van der Waals surface area contributed by atoms with Crippen molar-refractivity contribution in [1.82, 2.24) is 5.32 Å². The molecule has 1 atom stereocenters. The number of alkyl carbamates (subject to hydrolysis) is 1. The second kappa shape index (κ2) is 6.07. The summed E-state index contributed by atoms with van der Waals surface area (Å²) >= 11 is 0. The van der Waals surface area contributed by atoms with E-state index in [0.29, 0.717) is 18.4 Å². The van der Waals surface area contributed by atoms with Crippen molar-refractivity contribution in [2.75, 3.05) is 0 Å². The van der Waals surface area contributed by atoms with Gasteiger partial charge in [0.1, 0.15) is 17.0 Å². The van der Waals surface area contributed by atoms with E-state index in [-0.39, 0.29) is 5.78 Å². The lowest BCUT2D eigenvalue weighted by Gasteiger charge is -2.37. The summed E-state index contributed by atoms with van der Waals surface area (Å²) in [6.07, 6.45) is 1.73.